The molecule has 0 aliphatic carbocycles. The van der Waals surface area contributed by atoms with E-state index in [1.54, 1.807) is 10.8 Å². The molecule has 0 aromatic carbocycles. The summed E-state index contributed by atoms with van der Waals surface area (Å²) in [4.78, 5) is 11.5. The highest BCUT2D eigenvalue weighted by Crippen LogP contribution is 1.93. The molecule has 2 nitrogen and oxygen atoms in total. The molecule has 0 aliphatic heterocycles. The van der Waals surface area contributed by atoms with Gasteiger partial charge in [-0.1, -0.05) is 6.07 Å². The number of unbranched alkanes of at least 4 members (excludes halogenated alkanes) is 1. The summed E-state index contributed by atoms with van der Waals surface area (Å²) in [7, 11) is 0. The Hall–Kier alpha value is -1.49. The van der Waals surface area contributed by atoms with Gasteiger partial charge in [0, 0.05) is 24.7 Å². The number of pyridine rings is 1. The van der Waals surface area contributed by atoms with Crippen LogP contribution in [0.1, 0.15) is 18.4 Å². The Labute approximate surface area is 78.2 Å². The van der Waals surface area contributed by atoms with E-state index in [9.17, 15) is 4.79 Å². The van der Waals surface area contributed by atoms with Gasteiger partial charge in [0.2, 0.25) is 0 Å². The van der Waals surface area contributed by atoms with E-state index >= 15 is 0 Å². The fourth-order valence-corrected chi connectivity index (χ4v) is 1.18. The standard InChI is InChI=1S/C11H13NO/c1-3-4-5-8-12-9-6-7-10(2)11(12)13/h1,6-7,9H,4-5,8H2,2H3. The Morgan fingerprint density at radius 3 is 3.08 bits per heavy atom. The van der Waals surface area contributed by atoms with Crippen molar-refractivity contribution < 1.29 is 0 Å². The topological polar surface area (TPSA) is 22.0 Å². The molecule has 0 saturated carbocycles. The van der Waals surface area contributed by atoms with Gasteiger partial charge < -0.3 is 4.57 Å². The molecule has 2 heteroatoms. The van der Waals surface area contributed by atoms with Crippen LogP contribution in [-0.4, -0.2) is 4.57 Å². The summed E-state index contributed by atoms with van der Waals surface area (Å²) in [6.45, 7) is 2.53. The van der Waals surface area contributed by atoms with Gasteiger partial charge in [-0.05, 0) is 19.4 Å². The van der Waals surface area contributed by atoms with Crippen molar-refractivity contribution in [1.29, 1.82) is 0 Å². The van der Waals surface area contributed by atoms with Crippen LogP contribution in [0.15, 0.2) is 23.1 Å². The van der Waals surface area contributed by atoms with Crippen LogP contribution in [0.2, 0.25) is 0 Å². The van der Waals surface area contributed by atoms with Gasteiger partial charge in [0.1, 0.15) is 0 Å². The Balaban J connectivity index is 2.73. The van der Waals surface area contributed by atoms with Crippen molar-refractivity contribution in [2.24, 2.45) is 0 Å². The molecule has 1 aromatic rings. The summed E-state index contributed by atoms with van der Waals surface area (Å²) in [5.41, 5.74) is 0.864. The highest BCUT2D eigenvalue weighted by Gasteiger charge is 1.96. The average Bonchev–Trinajstić information content (AvgIpc) is 2.13. The van der Waals surface area contributed by atoms with Crippen molar-refractivity contribution in [3.8, 4) is 12.3 Å². The molecule has 0 spiro atoms. The van der Waals surface area contributed by atoms with E-state index < -0.39 is 0 Å². The molecule has 0 atom stereocenters. The van der Waals surface area contributed by atoms with E-state index in [-0.39, 0.29) is 5.56 Å². The highest BCUT2D eigenvalue weighted by molar-refractivity contribution is 5.07. The highest BCUT2D eigenvalue weighted by atomic mass is 16.1. The number of aromatic nitrogens is 1. The minimum atomic E-state index is 0.0829. The summed E-state index contributed by atoms with van der Waals surface area (Å²) in [6, 6.07) is 3.70. The van der Waals surface area contributed by atoms with Crippen molar-refractivity contribution in [2.75, 3.05) is 0 Å². The third-order valence-electron chi connectivity index (χ3n) is 1.93. The van der Waals surface area contributed by atoms with E-state index in [1.165, 1.54) is 0 Å². The molecule has 0 saturated heterocycles. The van der Waals surface area contributed by atoms with Gasteiger partial charge in [0.05, 0.1) is 0 Å². The average molecular weight is 175 g/mol. The van der Waals surface area contributed by atoms with Gasteiger partial charge in [-0.25, -0.2) is 0 Å². The smallest absolute Gasteiger partial charge is 0.253 e. The molecule has 0 unspecified atom stereocenters. The van der Waals surface area contributed by atoms with Crippen molar-refractivity contribution >= 4 is 0 Å². The first-order chi connectivity index (χ1) is 6.25. The van der Waals surface area contributed by atoms with Crippen LogP contribution in [0.25, 0.3) is 0 Å². The number of aryl methyl sites for hydroxylation is 2. The van der Waals surface area contributed by atoms with Crippen LogP contribution in [0.5, 0.6) is 0 Å². The number of rotatable bonds is 3. The fourth-order valence-electron chi connectivity index (χ4n) is 1.18. The molecule has 0 aliphatic rings. The van der Waals surface area contributed by atoms with Crippen molar-refractivity contribution in [3.05, 3.63) is 34.2 Å². The lowest BCUT2D eigenvalue weighted by Crippen LogP contribution is -2.21. The van der Waals surface area contributed by atoms with E-state index in [4.69, 9.17) is 6.42 Å². The largest absolute Gasteiger partial charge is 0.315 e. The summed E-state index contributed by atoms with van der Waals surface area (Å²) in [5.74, 6) is 2.56. The fraction of sp³-hybridized carbons (Fsp3) is 0.364. The molecular formula is C11H13NO. The minimum Gasteiger partial charge on any atom is -0.315 e. The predicted octanol–water partition coefficient (Wildman–Crippen LogP) is 1.57. The maximum Gasteiger partial charge on any atom is 0.253 e. The van der Waals surface area contributed by atoms with Gasteiger partial charge in [0.25, 0.3) is 5.56 Å². The molecule has 1 heterocycles. The zero-order valence-corrected chi connectivity index (χ0v) is 7.79. The van der Waals surface area contributed by atoms with Crippen LogP contribution < -0.4 is 5.56 Å². The zero-order valence-electron chi connectivity index (χ0n) is 7.79. The Morgan fingerprint density at radius 1 is 1.62 bits per heavy atom. The molecule has 68 valence electrons. The molecule has 0 bridgehead atoms. The first-order valence-corrected chi connectivity index (χ1v) is 4.35. The molecule has 13 heavy (non-hydrogen) atoms. The van der Waals surface area contributed by atoms with Crippen LogP contribution in [0.4, 0.5) is 0 Å². The quantitative estimate of drug-likeness (QED) is 0.505. The number of terminal acetylenes is 1. The molecule has 0 radical (unpaired) electrons. The van der Waals surface area contributed by atoms with Gasteiger partial charge in [-0.3, -0.25) is 4.79 Å². The van der Waals surface area contributed by atoms with Gasteiger partial charge >= 0.3 is 0 Å². The maximum absolute atomic E-state index is 11.5. The van der Waals surface area contributed by atoms with E-state index in [0.29, 0.717) is 6.54 Å². The summed E-state index contributed by atoms with van der Waals surface area (Å²) < 4.78 is 1.70. The Kier molecular flexibility index (Phi) is 3.33. The lowest BCUT2D eigenvalue weighted by molar-refractivity contribution is 0.630. The zero-order chi connectivity index (χ0) is 9.68. The van der Waals surface area contributed by atoms with Crippen LogP contribution in [-0.2, 0) is 6.54 Å². The first-order valence-electron chi connectivity index (χ1n) is 4.35. The van der Waals surface area contributed by atoms with E-state index in [2.05, 4.69) is 5.92 Å². The van der Waals surface area contributed by atoms with E-state index in [1.807, 2.05) is 19.1 Å². The summed E-state index contributed by atoms with van der Waals surface area (Å²) >= 11 is 0. The number of hydrogen-bond acceptors (Lipinski definition) is 1. The van der Waals surface area contributed by atoms with Crippen molar-refractivity contribution in [1.82, 2.24) is 4.57 Å². The van der Waals surface area contributed by atoms with Crippen molar-refractivity contribution in [3.63, 3.8) is 0 Å². The maximum atomic E-state index is 11.5. The van der Waals surface area contributed by atoms with Gasteiger partial charge in [-0.2, -0.15) is 0 Å². The Morgan fingerprint density at radius 2 is 2.38 bits per heavy atom. The molecular weight excluding hydrogens is 162 g/mol. The number of hydrogen-bond donors (Lipinski definition) is 0. The molecule has 0 N–H and O–H groups in total. The molecule has 1 aromatic heterocycles. The minimum absolute atomic E-state index is 0.0829. The van der Waals surface area contributed by atoms with Crippen molar-refractivity contribution in [2.45, 2.75) is 26.3 Å². The lowest BCUT2D eigenvalue weighted by atomic mass is 10.3. The third kappa shape index (κ3) is 2.48. The number of nitrogens with zero attached hydrogens (tertiary/aromatic N) is 1. The van der Waals surface area contributed by atoms with Gasteiger partial charge in [0.15, 0.2) is 0 Å². The second-order valence-corrected chi connectivity index (χ2v) is 3.00. The normalized spacial score (nSPS) is 9.54. The third-order valence-corrected chi connectivity index (χ3v) is 1.93. The molecule has 0 amide bonds. The van der Waals surface area contributed by atoms with E-state index in [0.717, 1.165) is 18.4 Å². The Bertz CT molecular complexity index is 370. The predicted molar refractivity (Wildman–Crippen MR) is 53.5 cm³/mol. The lowest BCUT2D eigenvalue weighted by Gasteiger charge is -2.03. The second-order valence-electron chi connectivity index (χ2n) is 3.00. The van der Waals surface area contributed by atoms with Crippen LogP contribution >= 0.6 is 0 Å². The SMILES string of the molecule is C#CCCCn1cccc(C)c1=O. The molecule has 1 rings (SSSR count). The van der Waals surface area contributed by atoms with Crippen LogP contribution in [0.3, 0.4) is 0 Å². The second kappa shape index (κ2) is 4.51. The first kappa shape index (κ1) is 9.60. The molecule has 0 fully saturated rings. The summed E-state index contributed by atoms with van der Waals surface area (Å²) in [6.07, 6.45) is 8.50. The van der Waals surface area contributed by atoms with Gasteiger partial charge in [-0.15, -0.1) is 12.3 Å². The van der Waals surface area contributed by atoms with Crippen LogP contribution in [0, 0.1) is 19.3 Å². The summed E-state index contributed by atoms with van der Waals surface area (Å²) in [5, 5.41) is 0. The monoisotopic (exact) mass is 175 g/mol.